The maximum absolute atomic E-state index is 9.65. The number of nitrogens with zero attached hydrogens (tertiary/aromatic N) is 3. The summed E-state index contributed by atoms with van der Waals surface area (Å²) in [5, 5.41) is 14.3. The van der Waals surface area contributed by atoms with Gasteiger partial charge in [0.15, 0.2) is 0 Å². The van der Waals surface area contributed by atoms with Crippen LogP contribution in [0.1, 0.15) is 28.9 Å². The first-order valence-corrected chi connectivity index (χ1v) is 7.60. The Bertz CT molecular complexity index is 606. The quantitative estimate of drug-likeness (QED) is 0.935. The Hall–Kier alpha value is -1.65. The van der Waals surface area contributed by atoms with Gasteiger partial charge in [0, 0.05) is 30.9 Å². The highest BCUT2D eigenvalue weighted by Crippen LogP contribution is 2.19. The Balaban J connectivity index is 1.76. The van der Waals surface area contributed by atoms with Gasteiger partial charge in [-0.05, 0) is 25.8 Å². The number of β-amino-alcohol motifs (C(OH)–C–C–N with tert-alkyl or cyclic N) is 1. The van der Waals surface area contributed by atoms with Crippen LogP contribution < -0.4 is 0 Å². The van der Waals surface area contributed by atoms with Crippen LogP contribution in [0.3, 0.4) is 0 Å². The molecular weight excluding hydrogens is 262 g/mol. The van der Waals surface area contributed by atoms with Gasteiger partial charge in [-0.1, -0.05) is 30.3 Å². The van der Waals surface area contributed by atoms with Crippen LogP contribution in [0.5, 0.6) is 0 Å². The molecule has 1 saturated heterocycles. The Labute approximate surface area is 126 Å². The first-order chi connectivity index (χ1) is 10.1. The SMILES string of the molecule is Cc1nn(Cc2ccccc2)c(C)c1CN1CC[C@@H](O)C1. The molecule has 1 N–H and O–H groups in total. The average molecular weight is 285 g/mol. The zero-order chi connectivity index (χ0) is 14.8. The van der Waals surface area contributed by atoms with Crippen molar-refractivity contribution in [2.75, 3.05) is 13.1 Å². The van der Waals surface area contributed by atoms with Gasteiger partial charge >= 0.3 is 0 Å². The van der Waals surface area contributed by atoms with Crippen LogP contribution >= 0.6 is 0 Å². The van der Waals surface area contributed by atoms with E-state index in [0.29, 0.717) is 0 Å². The molecule has 4 heteroatoms. The minimum atomic E-state index is -0.162. The lowest BCUT2D eigenvalue weighted by molar-refractivity contribution is 0.174. The second kappa shape index (κ2) is 6.00. The van der Waals surface area contributed by atoms with Crippen molar-refractivity contribution in [2.45, 2.75) is 39.5 Å². The molecule has 1 aliphatic heterocycles. The van der Waals surface area contributed by atoms with Gasteiger partial charge in [0.2, 0.25) is 0 Å². The third-order valence-electron chi connectivity index (χ3n) is 4.34. The maximum atomic E-state index is 9.65. The van der Waals surface area contributed by atoms with Gasteiger partial charge in [0.05, 0.1) is 18.3 Å². The van der Waals surface area contributed by atoms with E-state index in [1.807, 2.05) is 6.07 Å². The van der Waals surface area contributed by atoms with Crippen molar-refractivity contribution < 1.29 is 5.11 Å². The van der Waals surface area contributed by atoms with Crippen LogP contribution in [0.2, 0.25) is 0 Å². The molecule has 1 fully saturated rings. The van der Waals surface area contributed by atoms with Crippen LogP contribution in [0.25, 0.3) is 0 Å². The fraction of sp³-hybridized carbons (Fsp3) is 0.471. The van der Waals surface area contributed by atoms with E-state index in [2.05, 4.69) is 47.7 Å². The van der Waals surface area contributed by atoms with Gasteiger partial charge in [-0.25, -0.2) is 0 Å². The molecular formula is C17H23N3O. The predicted octanol–water partition coefficient (Wildman–Crippen LogP) is 2.11. The first kappa shape index (κ1) is 14.3. The summed E-state index contributed by atoms with van der Waals surface area (Å²) in [5.41, 5.74) is 4.91. The molecule has 112 valence electrons. The minimum Gasteiger partial charge on any atom is -0.392 e. The zero-order valence-electron chi connectivity index (χ0n) is 12.8. The fourth-order valence-electron chi connectivity index (χ4n) is 3.05. The van der Waals surface area contributed by atoms with Crippen molar-refractivity contribution in [3.05, 3.63) is 52.8 Å². The van der Waals surface area contributed by atoms with E-state index in [1.54, 1.807) is 0 Å². The van der Waals surface area contributed by atoms with E-state index >= 15 is 0 Å². The number of aromatic nitrogens is 2. The lowest BCUT2D eigenvalue weighted by Gasteiger charge is -2.15. The summed E-state index contributed by atoms with van der Waals surface area (Å²) in [6, 6.07) is 10.4. The average Bonchev–Trinajstić information content (AvgIpc) is 2.99. The van der Waals surface area contributed by atoms with Gasteiger partial charge in [0.25, 0.3) is 0 Å². The molecule has 0 saturated carbocycles. The van der Waals surface area contributed by atoms with Gasteiger partial charge in [-0.15, -0.1) is 0 Å². The van der Waals surface area contributed by atoms with Gasteiger partial charge in [0.1, 0.15) is 0 Å². The minimum absolute atomic E-state index is 0.162. The van der Waals surface area contributed by atoms with Crippen LogP contribution in [0, 0.1) is 13.8 Å². The van der Waals surface area contributed by atoms with Crippen molar-refractivity contribution >= 4 is 0 Å². The molecule has 1 atom stereocenters. The number of aliphatic hydroxyl groups excluding tert-OH is 1. The van der Waals surface area contributed by atoms with Crippen molar-refractivity contribution in [3.63, 3.8) is 0 Å². The smallest absolute Gasteiger partial charge is 0.0679 e. The molecule has 0 bridgehead atoms. The number of hydrogen-bond acceptors (Lipinski definition) is 3. The summed E-state index contributed by atoms with van der Waals surface area (Å²) in [4.78, 5) is 2.31. The highest BCUT2D eigenvalue weighted by atomic mass is 16.3. The Kier molecular flexibility index (Phi) is 4.08. The van der Waals surface area contributed by atoms with Crippen LogP contribution in [0.4, 0.5) is 0 Å². The molecule has 0 amide bonds. The maximum Gasteiger partial charge on any atom is 0.0679 e. The predicted molar refractivity (Wildman–Crippen MR) is 83.1 cm³/mol. The largest absolute Gasteiger partial charge is 0.392 e. The Morgan fingerprint density at radius 1 is 1.19 bits per heavy atom. The number of hydrogen-bond donors (Lipinski definition) is 1. The standard InChI is InChI=1S/C17H23N3O/c1-13-17(12-19-9-8-16(21)11-19)14(2)20(18-13)10-15-6-4-3-5-7-15/h3-7,16,21H,8-12H2,1-2H3/t16-/m1/s1. The Morgan fingerprint density at radius 2 is 1.95 bits per heavy atom. The Morgan fingerprint density at radius 3 is 2.62 bits per heavy atom. The van der Waals surface area contributed by atoms with Gasteiger partial charge < -0.3 is 5.11 Å². The van der Waals surface area contributed by atoms with Crippen LogP contribution in [0.15, 0.2) is 30.3 Å². The second-order valence-corrected chi connectivity index (χ2v) is 5.97. The molecule has 0 unspecified atom stereocenters. The molecule has 3 rings (SSSR count). The molecule has 0 aliphatic carbocycles. The summed E-state index contributed by atoms with van der Waals surface area (Å²) >= 11 is 0. The summed E-state index contributed by atoms with van der Waals surface area (Å²) in [6.45, 7) is 7.69. The normalized spacial score (nSPS) is 19.3. The fourth-order valence-corrected chi connectivity index (χ4v) is 3.05. The van der Waals surface area contributed by atoms with Crippen molar-refractivity contribution in [3.8, 4) is 0 Å². The first-order valence-electron chi connectivity index (χ1n) is 7.60. The van der Waals surface area contributed by atoms with Crippen LogP contribution in [-0.2, 0) is 13.1 Å². The van der Waals surface area contributed by atoms with E-state index < -0.39 is 0 Å². The number of aryl methyl sites for hydroxylation is 1. The van der Waals surface area contributed by atoms with Gasteiger partial charge in [-0.3, -0.25) is 9.58 Å². The van der Waals surface area contributed by atoms with E-state index in [1.165, 1.54) is 16.8 Å². The number of likely N-dealkylation sites (tertiary alicyclic amines) is 1. The molecule has 4 nitrogen and oxygen atoms in total. The summed E-state index contributed by atoms with van der Waals surface area (Å²) in [6.07, 6.45) is 0.723. The molecule has 1 aliphatic rings. The number of aliphatic hydroxyl groups is 1. The molecule has 1 aromatic heterocycles. The van der Waals surface area contributed by atoms with Crippen molar-refractivity contribution in [1.82, 2.24) is 14.7 Å². The zero-order valence-corrected chi connectivity index (χ0v) is 12.8. The van der Waals surface area contributed by atoms with Crippen molar-refractivity contribution in [1.29, 1.82) is 0 Å². The molecule has 2 heterocycles. The molecule has 0 radical (unpaired) electrons. The highest BCUT2D eigenvalue weighted by Gasteiger charge is 2.22. The summed E-state index contributed by atoms with van der Waals surface area (Å²) in [7, 11) is 0. The van der Waals surface area contributed by atoms with Gasteiger partial charge in [-0.2, -0.15) is 5.10 Å². The molecule has 1 aromatic carbocycles. The van der Waals surface area contributed by atoms with E-state index in [9.17, 15) is 5.11 Å². The van der Waals surface area contributed by atoms with Crippen LogP contribution in [-0.4, -0.2) is 39.0 Å². The summed E-state index contributed by atoms with van der Waals surface area (Å²) in [5.74, 6) is 0. The third-order valence-corrected chi connectivity index (χ3v) is 4.34. The molecule has 2 aromatic rings. The monoisotopic (exact) mass is 285 g/mol. The summed E-state index contributed by atoms with van der Waals surface area (Å²) < 4.78 is 2.09. The number of benzene rings is 1. The third kappa shape index (κ3) is 3.17. The lowest BCUT2D eigenvalue weighted by Crippen LogP contribution is -2.22. The second-order valence-electron chi connectivity index (χ2n) is 5.97. The molecule has 0 spiro atoms. The highest BCUT2D eigenvalue weighted by molar-refractivity contribution is 5.26. The van der Waals surface area contributed by atoms with Crippen molar-refractivity contribution in [2.24, 2.45) is 0 Å². The number of rotatable bonds is 4. The van der Waals surface area contributed by atoms with E-state index in [0.717, 1.165) is 38.3 Å². The topological polar surface area (TPSA) is 41.3 Å². The van der Waals surface area contributed by atoms with E-state index in [-0.39, 0.29) is 6.10 Å². The molecule has 21 heavy (non-hydrogen) atoms. The van der Waals surface area contributed by atoms with E-state index in [4.69, 9.17) is 5.10 Å². The lowest BCUT2D eigenvalue weighted by atomic mass is 10.2.